The van der Waals surface area contributed by atoms with Gasteiger partial charge < -0.3 is 25.4 Å². The van der Waals surface area contributed by atoms with Crippen molar-refractivity contribution in [3.8, 4) is 5.75 Å². The Morgan fingerprint density at radius 2 is 1.96 bits per heavy atom. The summed E-state index contributed by atoms with van der Waals surface area (Å²) in [5, 5.41) is 13.6. The first-order valence-corrected chi connectivity index (χ1v) is 8.56. The van der Waals surface area contributed by atoms with E-state index in [1.54, 1.807) is 31.4 Å². The topological polar surface area (TPSA) is 125 Å². The quantitative estimate of drug-likeness (QED) is 0.592. The van der Waals surface area contributed by atoms with E-state index in [2.05, 4.69) is 10.6 Å². The van der Waals surface area contributed by atoms with Crippen LogP contribution in [0.15, 0.2) is 24.3 Å². The molecular weight excluding hydrogens is 354 g/mol. The van der Waals surface area contributed by atoms with Crippen LogP contribution in [0.1, 0.15) is 19.8 Å². The number of rotatable bonds is 8. The molecule has 1 fully saturated rings. The zero-order chi connectivity index (χ0) is 20.0. The van der Waals surface area contributed by atoms with Crippen molar-refractivity contribution in [2.45, 2.75) is 25.8 Å². The highest BCUT2D eigenvalue weighted by Crippen LogP contribution is 2.26. The Balaban J connectivity index is 1.88. The summed E-state index contributed by atoms with van der Waals surface area (Å²) in [5.41, 5.74) is 0.676. The number of anilines is 1. The van der Waals surface area contributed by atoms with Gasteiger partial charge in [-0.1, -0.05) is 0 Å². The SMILES string of the molecule is COc1ccc(N2CC(C(=O)N[C@@H](C)C(=O)NCCC(=O)O)CC2=O)cc1. The average Bonchev–Trinajstić information content (AvgIpc) is 3.03. The summed E-state index contributed by atoms with van der Waals surface area (Å²) in [6, 6.07) is 6.14. The van der Waals surface area contributed by atoms with Crippen molar-refractivity contribution in [1.29, 1.82) is 0 Å². The smallest absolute Gasteiger partial charge is 0.305 e. The lowest BCUT2D eigenvalue weighted by atomic mass is 10.1. The van der Waals surface area contributed by atoms with Gasteiger partial charge in [-0.05, 0) is 31.2 Å². The number of carboxylic acid groups (broad SMARTS) is 1. The molecule has 2 atom stereocenters. The van der Waals surface area contributed by atoms with E-state index in [9.17, 15) is 19.2 Å². The zero-order valence-electron chi connectivity index (χ0n) is 15.2. The van der Waals surface area contributed by atoms with Crippen LogP contribution in [0.5, 0.6) is 5.75 Å². The number of aliphatic carboxylic acids is 1. The first kappa shape index (κ1) is 20.2. The lowest BCUT2D eigenvalue weighted by Crippen LogP contribution is -2.47. The van der Waals surface area contributed by atoms with Crippen LogP contribution in [0.2, 0.25) is 0 Å². The fourth-order valence-electron chi connectivity index (χ4n) is 2.74. The number of nitrogens with one attached hydrogen (secondary N) is 2. The highest BCUT2D eigenvalue weighted by molar-refractivity contribution is 6.01. The van der Waals surface area contributed by atoms with Gasteiger partial charge in [0.1, 0.15) is 11.8 Å². The second-order valence-corrected chi connectivity index (χ2v) is 6.27. The molecule has 1 aliphatic heterocycles. The van der Waals surface area contributed by atoms with E-state index < -0.39 is 23.8 Å². The minimum Gasteiger partial charge on any atom is -0.497 e. The van der Waals surface area contributed by atoms with Gasteiger partial charge in [-0.2, -0.15) is 0 Å². The molecule has 1 saturated heterocycles. The van der Waals surface area contributed by atoms with Gasteiger partial charge in [-0.25, -0.2) is 0 Å². The van der Waals surface area contributed by atoms with Crippen molar-refractivity contribution in [3.63, 3.8) is 0 Å². The third-order valence-electron chi connectivity index (χ3n) is 4.27. The van der Waals surface area contributed by atoms with E-state index in [1.165, 1.54) is 11.8 Å². The Labute approximate surface area is 156 Å². The van der Waals surface area contributed by atoms with Crippen LogP contribution in [0.3, 0.4) is 0 Å². The molecule has 0 bridgehead atoms. The molecular formula is C18H23N3O6. The van der Waals surface area contributed by atoms with Crippen molar-refractivity contribution in [2.75, 3.05) is 25.1 Å². The maximum absolute atomic E-state index is 12.4. The van der Waals surface area contributed by atoms with E-state index in [0.29, 0.717) is 11.4 Å². The second-order valence-electron chi connectivity index (χ2n) is 6.27. The van der Waals surface area contributed by atoms with Crippen LogP contribution in [0.25, 0.3) is 0 Å². The Morgan fingerprint density at radius 1 is 1.30 bits per heavy atom. The first-order valence-electron chi connectivity index (χ1n) is 8.56. The summed E-state index contributed by atoms with van der Waals surface area (Å²) in [6.45, 7) is 1.72. The molecule has 0 aliphatic carbocycles. The number of hydrogen-bond donors (Lipinski definition) is 3. The first-order chi connectivity index (χ1) is 12.8. The monoisotopic (exact) mass is 377 g/mol. The normalized spacial score (nSPS) is 17.3. The molecule has 27 heavy (non-hydrogen) atoms. The number of nitrogens with zero attached hydrogens (tertiary/aromatic N) is 1. The molecule has 1 unspecified atom stereocenters. The molecule has 3 N–H and O–H groups in total. The minimum absolute atomic E-state index is 0.0124. The van der Waals surface area contributed by atoms with Crippen LogP contribution in [0, 0.1) is 5.92 Å². The predicted molar refractivity (Wildman–Crippen MR) is 96.3 cm³/mol. The third kappa shape index (κ3) is 5.44. The summed E-state index contributed by atoms with van der Waals surface area (Å²) >= 11 is 0. The molecule has 3 amide bonds. The standard InChI is InChI=1S/C18H23N3O6/c1-11(17(25)19-8-7-16(23)24)20-18(26)12-9-15(22)21(10-12)13-3-5-14(27-2)6-4-13/h3-6,11-12H,7-10H2,1-2H3,(H,19,25)(H,20,26)(H,23,24)/t11-,12?/m0/s1. The van der Waals surface area contributed by atoms with Crippen molar-refractivity contribution in [2.24, 2.45) is 5.92 Å². The lowest BCUT2D eigenvalue weighted by Gasteiger charge is -2.18. The van der Waals surface area contributed by atoms with Gasteiger partial charge in [0.15, 0.2) is 0 Å². The van der Waals surface area contributed by atoms with Gasteiger partial charge in [0.05, 0.1) is 19.4 Å². The van der Waals surface area contributed by atoms with Crippen LogP contribution >= 0.6 is 0 Å². The van der Waals surface area contributed by atoms with E-state index in [4.69, 9.17) is 9.84 Å². The summed E-state index contributed by atoms with van der Waals surface area (Å²) in [6.07, 6.45) is -0.133. The van der Waals surface area contributed by atoms with E-state index in [-0.39, 0.29) is 37.7 Å². The largest absolute Gasteiger partial charge is 0.497 e. The number of carbonyl (C=O) groups is 4. The summed E-state index contributed by atoms with van der Waals surface area (Å²) in [7, 11) is 1.55. The maximum atomic E-state index is 12.4. The average molecular weight is 377 g/mol. The molecule has 1 aromatic carbocycles. The molecule has 0 aromatic heterocycles. The van der Waals surface area contributed by atoms with Crippen LogP contribution in [0.4, 0.5) is 5.69 Å². The number of carboxylic acids is 1. The summed E-state index contributed by atoms with van der Waals surface area (Å²) < 4.78 is 5.09. The number of amides is 3. The number of methoxy groups -OCH3 is 1. The number of benzene rings is 1. The van der Waals surface area contributed by atoms with Crippen molar-refractivity contribution < 1.29 is 29.0 Å². The molecule has 9 nitrogen and oxygen atoms in total. The van der Waals surface area contributed by atoms with Crippen molar-refractivity contribution >= 4 is 29.4 Å². The van der Waals surface area contributed by atoms with Crippen LogP contribution in [-0.4, -0.2) is 55.0 Å². The minimum atomic E-state index is -1.02. The molecule has 0 radical (unpaired) electrons. The van der Waals surface area contributed by atoms with Crippen molar-refractivity contribution in [3.05, 3.63) is 24.3 Å². The highest BCUT2D eigenvalue weighted by atomic mass is 16.5. The van der Waals surface area contributed by atoms with Gasteiger partial charge in [0, 0.05) is 25.2 Å². The predicted octanol–water partition coefficient (Wildman–Crippen LogP) is 0.144. The van der Waals surface area contributed by atoms with Crippen molar-refractivity contribution in [1.82, 2.24) is 10.6 Å². The number of hydrogen-bond acceptors (Lipinski definition) is 5. The number of carbonyl (C=O) groups excluding carboxylic acids is 3. The molecule has 9 heteroatoms. The summed E-state index contributed by atoms with van der Waals surface area (Å²) in [5.74, 6) is -1.94. The molecule has 0 saturated carbocycles. The zero-order valence-corrected chi connectivity index (χ0v) is 15.2. The number of ether oxygens (including phenoxy) is 1. The Bertz CT molecular complexity index is 718. The van der Waals surface area contributed by atoms with Crippen LogP contribution in [-0.2, 0) is 19.2 Å². The third-order valence-corrected chi connectivity index (χ3v) is 4.27. The molecule has 1 heterocycles. The summed E-state index contributed by atoms with van der Waals surface area (Å²) in [4.78, 5) is 48.5. The van der Waals surface area contributed by atoms with Gasteiger partial charge in [0.2, 0.25) is 17.7 Å². The van der Waals surface area contributed by atoms with Crippen LogP contribution < -0.4 is 20.3 Å². The van der Waals surface area contributed by atoms with Gasteiger partial charge >= 0.3 is 5.97 Å². The molecule has 0 spiro atoms. The van der Waals surface area contributed by atoms with E-state index >= 15 is 0 Å². The fraction of sp³-hybridized carbons (Fsp3) is 0.444. The Kier molecular flexibility index (Phi) is 6.75. The van der Waals surface area contributed by atoms with E-state index in [1.807, 2.05) is 0 Å². The molecule has 146 valence electrons. The van der Waals surface area contributed by atoms with E-state index in [0.717, 1.165) is 0 Å². The van der Waals surface area contributed by atoms with Gasteiger partial charge in [-0.3, -0.25) is 19.2 Å². The Morgan fingerprint density at radius 3 is 2.56 bits per heavy atom. The maximum Gasteiger partial charge on any atom is 0.305 e. The van der Waals surface area contributed by atoms with Gasteiger partial charge in [0.25, 0.3) is 0 Å². The molecule has 1 aromatic rings. The highest BCUT2D eigenvalue weighted by Gasteiger charge is 2.36. The molecule has 2 rings (SSSR count). The van der Waals surface area contributed by atoms with Gasteiger partial charge in [-0.15, -0.1) is 0 Å². The lowest BCUT2D eigenvalue weighted by molar-refractivity contribution is -0.137. The second kappa shape index (κ2) is 9.02. The Hall–Kier alpha value is -3.10. The molecule has 1 aliphatic rings. The fourth-order valence-corrected chi connectivity index (χ4v) is 2.74.